The van der Waals surface area contributed by atoms with Crippen molar-refractivity contribution in [2.24, 2.45) is 11.8 Å². The fourth-order valence-corrected chi connectivity index (χ4v) is 4.13. The van der Waals surface area contributed by atoms with E-state index >= 15 is 0 Å². The second kappa shape index (κ2) is 6.72. The van der Waals surface area contributed by atoms with Crippen LogP contribution in [0.3, 0.4) is 0 Å². The largest absolute Gasteiger partial charge is 0.381 e. The molecule has 0 N–H and O–H groups in total. The van der Waals surface area contributed by atoms with Gasteiger partial charge in [-0.3, -0.25) is 0 Å². The summed E-state index contributed by atoms with van der Waals surface area (Å²) in [6.45, 7) is 5.29. The molecule has 0 amide bonds. The number of aromatic nitrogens is 1. The topological polar surface area (TPSA) is 51.5 Å². The summed E-state index contributed by atoms with van der Waals surface area (Å²) >= 11 is 0. The van der Waals surface area contributed by atoms with Gasteiger partial charge in [0.1, 0.15) is 0 Å². The predicted octanol–water partition coefficient (Wildman–Crippen LogP) is 2.09. The van der Waals surface area contributed by atoms with E-state index in [-0.39, 0.29) is 5.75 Å². The van der Waals surface area contributed by atoms with Crippen LogP contribution < -0.4 is 0 Å². The molecule has 1 aromatic heterocycles. The Labute approximate surface area is 133 Å². The SMILES string of the molecule is CCS(=O)(=O)N1Cc2cccn2C[C@H](CCOCC2CC2)C1. The molecule has 1 aliphatic carbocycles. The Morgan fingerprint density at radius 3 is 2.82 bits per heavy atom. The third-order valence-electron chi connectivity index (χ3n) is 4.66. The monoisotopic (exact) mass is 326 g/mol. The molecule has 2 heterocycles. The van der Waals surface area contributed by atoms with Gasteiger partial charge in [0, 0.05) is 38.2 Å². The fourth-order valence-electron chi connectivity index (χ4n) is 3.00. The van der Waals surface area contributed by atoms with Gasteiger partial charge in [-0.05, 0) is 50.2 Å². The van der Waals surface area contributed by atoms with E-state index in [9.17, 15) is 8.42 Å². The average molecular weight is 326 g/mol. The minimum atomic E-state index is -3.15. The van der Waals surface area contributed by atoms with Crippen LogP contribution in [0.2, 0.25) is 0 Å². The van der Waals surface area contributed by atoms with Gasteiger partial charge in [-0.15, -0.1) is 0 Å². The third kappa shape index (κ3) is 3.91. The minimum absolute atomic E-state index is 0.165. The summed E-state index contributed by atoms with van der Waals surface area (Å²) in [7, 11) is -3.15. The van der Waals surface area contributed by atoms with Crippen LogP contribution in [0.25, 0.3) is 0 Å². The van der Waals surface area contributed by atoms with E-state index < -0.39 is 10.0 Å². The Kier molecular flexibility index (Phi) is 4.90. The zero-order valence-electron chi connectivity index (χ0n) is 13.3. The predicted molar refractivity (Wildman–Crippen MR) is 86.0 cm³/mol. The first-order valence-corrected chi connectivity index (χ1v) is 9.89. The number of rotatable bonds is 7. The van der Waals surface area contributed by atoms with Crippen LogP contribution in [-0.4, -0.2) is 42.8 Å². The van der Waals surface area contributed by atoms with Crippen LogP contribution in [-0.2, 0) is 27.8 Å². The molecule has 1 saturated carbocycles. The number of hydrogen-bond acceptors (Lipinski definition) is 3. The van der Waals surface area contributed by atoms with Crippen LogP contribution in [0, 0.1) is 11.8 Å². The van der Waals surface area contributed by atoms with Gasteiger partial charge in [0.05, 0.1) is 12.3 Å². The van der Waals surface area contributed by atoms with Crippen molar-refractivity contribution in [1.82, 2.24) is 8.87 Å². The standard InChI is InChI=1S/C16H26N2O3S/c1-2-22(19,20)18-11-15(7-9-21-13-14-5-6-14)10-17-8-3-4-16(17)12-18/h3-4,8,14-15H,2,5-7,9-13H2,1H3/t15-/m0/s1. The number of fused-ring (bicyclic) bond motifs is 1. The average Bonchev–Trinajstić information content (AvgIpc) is 3.26. The van der Waals surface area contributed by atoms with Crippen molar-refractivity contribution in [2.45, 2.75) is 39.3 Å². The Balaban J connectivity index is 1.64. The van der Waals surface area contributed by atoms with Crippen molar-refractivity contribution in [1.29, 1.82) is 0 Å². The molecule has 0 aromatic carbocycles. The Morgan fingerprint density at radius 1 is 1.27 bits per heavy atom. The lowest BCUT2D eigenvalue weighted by molar-refractivity contribution is 0.106. The van der Waals surface area contributed by atoms with E-state index in [4.69, 9.17) is 4.74 Å². The van der Waals surface area contributed by atoms with Crippen molar-refractivity contribution in [3.05, 3.63) is 24.0 Å². The molecule has 5 nitrogen and oxygen atoms in total. The van der Waals surface area contributed by atoms with Gasteiger partial charge >= 0.3 is 0 Å². The van der Waals surface area contributed by atoms with Crippen LogP contribution in [0.4, 0.5) is 0 Å². The lowest BCUT2D eigenvalue weighted by Crippen LogP contribution is -2.35. The quantitative estimate of drug-likeness (QED) is 0.721. The van der Waals surface area contributed by atoms with Crippen molar-refractivity contribution in [2.75, 3.05) is 25.5 Å². The molecule has 1 atom stereocenters. The summed E-state index contributed by atoms with van der Waals surface area (Å²) in [4.78, 5) is 0. The highest BCUT2D eigenvalue weighted by Gasteiger charge is 2.28. The van der Waals surface area contributed by atoms with Gasteiger partial charge in [0.2, 0.25) is 10.0 Å². The molecule has 0 bridgehead atoms. The summed E-state index contributed by atoms with van der Waals surface area (Å²) in [5, 5.41) is 0. The van der Waals surface area contributed by atoms with E-state index in [2.05, 4.69) is 10.8 Å². The minimum Gasteiger partial charge on any atom is -0.381 e. The molecule has 1 fully saturated rings. The van der Waals surface area contributed by atoms with E-state index in [0.29, 0.717) is 19.0 Å². The maximum atomic E-state index is 12.3. The Morgan fingerprint density at radius 2 is 2.09 bits per heavy atom. The molecule has 6 heteroatoms. The molecule has 0 unspecified atom stereocenters. The van der Waals surface area contributed by atoms with Crippen molar-refractivity contribution in [3.63, 3.8) is 0 Å². The Bertz CT molecular complexity index is 592. The van der Waals surface area contributed by atoms with Gasteiger partial charge in [-0.1, -0.05) is 0 Å². The smallest absolute Gasteiger partial charge is 0.214 e. The zero-order valence-corrected chi connectivity index (χ0v) is 14.1. The van der Waals surface area contributed by atoms with Crippen LogP contribution in [0.15, 0.2) is 18.3 Å². The van der Waals surface area contributed by atoms with E-state index in [0.717, 1.165) is 37.8 Å². The van der Waals surface area contributed by atoms with Crippen LogP contribution in [0.1, 0.15) is 31.9 Å². The number of hydrogen-bond donors (Lipinski definition) is 0. The first-order chi connectivity index (χ1) is 10.6. The van der Waals surface area contributed by atoms with Crippen molar-refractivity contribution in [3.8, 4) is 0 Å². The first kappa shape index (κ1) is 16.0. The van der Waals surface area contributed by atoms with Crippen molar-refractivity contribution >= 4 is 10.0 Å². The van der Waals surface area contributed by atoms with E-state index in [1.165, 1.54) is 12.8 Å². The molecule has 2 aliphatic rings. The normalized spacial score (nSPS) is 23.2. The van der Waals surface area contributed by atoms with Gasteiger partial charge in [0.25, 0.3) is 0 Å². The molecule has 3 rings (SSSR count). The zero-order chi connectivity index (χ0) is 15.6. The molecule has 0 radical (unpaired) electrons. The molecule has 1 aromatic rings. The second-order valence-corrected chi connectivity index (χ2v) is 8.78. The summed E-state index contributed by atoms with van der Waals surface area (Å²) < 4.78 is 34.2. The summed E-state index contributed by atoms with van der Waals surface area (Å²) in [6, 6.07) is 4.02. The number of sulfonamides is 1. The highest BCUT2D eigenvalue weighted by molar-refractivity contribution is 7.89. The Hall–Kier alpha value is -0.850. The summed E-state index contributed by atoms with van der Waals surface area (Å²) in [5.41, 5.74) is 1.08. The number of nitrogens with zero attached hydrogens (tertiary/aromatic N) is 2. The molecular weight excluding hydrogens is 300 g/mol. The summed E-state index contributed by atoms with van der Waals surface area (Å²) in [5.74, 6) is 1.26. The number of ether oxygens (including phenoxy) is 1. The van der Waals surface area contributed by atoms with Gasteiger partial charge < -0.3 is 9.30 Å². The van der Waals surface area contributed by atoms with Crippen LogP contribution >= 0.6 is 0 Å². The summed E-state index contributed by atoms with van der Waals surface area (Å²) in [6.07, 6.45) is 5.58. The maximum absolute atomic E-state index is 12.3. The third-order valence-corrected chi connectivity index (χ3v) is 6.45. The van der Waals surface area contributed by atoms with Gasteiger partial charge in [-0.25, -0.2) is 8.42 Å². The molecule has 0 spiro atoms. The van der Waals surface area contributed by atoms with E-state index in [1.807, 2.05) is 12.1 Å². The highest BCUT2D eigenvalue weighted by Crippen LogP contribution is 2.29. The second-order valence-electron chi connectivity index (χ2n) is 6.52. The van der Waals surface area contributed by atoms with Gasteiger partial charge in [-0.2, -0.15) is 4.31 Å². The van der Waals surface area contributed by atoms with Crippen LogP contribution in [0.5, 0.6) is 0 Å². The lowest BCUT2D eigenvalue weighted by atomic mass is 10.1. The van der Waals surface area contributed by atoms with E-state index in [1.54, 1.807) is 11.2 Å². The maximum Gasteiger partial charge on any atom is 0.214 e. The van der Waals surface area contributed by atoms with Gasteiger partial charge in [0.15, 0.2) is 0 Å². The highest BCUT2D eigenvalue weighted by atomic mass is 32.2. The molecule has 22 heavy (non-hydrogen) atoms. The fraction of sp³-hybridized carbons (Fsp3) is 0.750. The molecule has 124 valence electrons. The molecular formula is C16H26N2O3S. The van der Waals surface area contributed by atoms with Crippen molar-refractivity contribution < 1.29 is 13.2 Å². The molecule has 0 saturated heterocycles. The first-order valence-electron chi connectivity index (χ1n) is 8.28. The molecule has 1 aliphatic heterocycles. The lowest BCUT2D eigenvalue weighted by Gasteiger charge is -2.23.